The van der Waals surface area contributed by atoms with Crippen LogP contribution in [0.3, 0.4) is 0 Å². The van der Waals surface area contributed by atoms with E-state index >= 15 is 0 Å². The molecule has 0 bridgehead atoms. The molecule has 0 atom stereocenters. The summed E-state index contributed by atoms with van der Waals surface area (Å²) in [7, 11) is 0. The topological polar surface area (TPSA) is 58.6 Å². The molecule has 5 nitrogen and oxygen atoms in total. The maximum Gasteiger partial charge on any atom is 0.265 e. The molecule has 0 saturated carbocycles. The third-order valence-electron chi connectivity index (χ3n) is 3.50. The minimum Gasteiger partial charge on any atom is -0.482 e. The lowest BCUT2D eigenvalue weighted by Crippen LogP contribution is -2.45. The average Bonchev–Trinajstić information content (AvgIpc) is 2.57. The van der Waals surface area contributed by atoms with Crippen molar-refractivity contribution in [2.75, 3.05) is 18.1 Å². The Morgan fingerprint density at radius 2 is 2.00 bits per heavy atom. The lowest BCUT2D eigenvalue weighted by atomic mass is 10.2. The number of anilines is 1. The van der Waals surface area contributed by atoms with Crippen LogP contribution in [0.5, 0.6) is 5.75 Å². The van der Waals surface area contributed by atoms with Crippen LogP contribution in [-0.2, 0) is 16.1 Å². The number of amides is 2. The smallest absolute Gasteiger partial charge is 0.265 e. The van der Waals surface area contributed by atoms with Crippen molar-refractivity contribution in [3.8, 4) is 5.75 Å². The molecular formula is C17H15FN2O3. The molecule has 1 heterocycles. The quantitative estimate of drug-likeness (QED) is 0.937. The lowest BCUT2D eigenvalue weighted by molar-refractivity contribution is -0.125. The number of halogens is 1. The van der Waals surface area contributed by atoms with Crippen LogP contribution in [0.25, 0.3) is 0 Å². The first-order chi connectivity index (χ1) is 11.1. The number of rotatable bonds is 4. The van der Waals surface area contributed by atoms with Gasteiger partial charge < -0.3 is 10.1 Å². The first kappa shape index (κ1) is 15.0. The first-order valence-corrected chi connectivity index (χ1v) is 7.17. The van der Waals surface area contributed by atoms with Crippen molar-refractivity contribution in [1.29, 1.82) is 0 Å². The van der Waals surface area contributed by atoms with Gasteiger partial charge in [0.2, 0.25) is 5.91 Å². The molecule has 118 valence electrons. The number of hydrogen-bond donors (Lipinski definition) is 1. The number of carbonyl (C=O) groups is 2. The van der Waals surface area contributed by atoms with Gasteiger partial charge in [0.1, 0.15) is 18.1 Å². The number of benzene rings is 2. The van der Waals surface area contributed by atoms with Gasteiger partial charge in [-0.1, -0.05) is 30.3 Å². The molecule has 6 heteroatoms. The molecule has 0 aromatic heterocycles. The summed E-state index contributed by atoms with van der Waals surface area (Å²) in [6, 6.07) is 13.3. The Balaban J connectivity index is 1.68. The van der Waals surface area contributed by atoms with Crippen molar-refractivity contribution in [2.45, 2.75) is 6.54 Å². The number of fused-ring (bicyclic) bond motifs is 1. The Morgan fingerprint density at radius 1 is 1.22 bits per heavy atom. The van der Waals surface area contributed by atoms with Crippen molar-refractivity contribution in [3.63, 3.8) is 0 Å². The molecule has 0 spiro atoms. The Kier molecular flexibility index (Phi) is 4.23. The monoisotopic (exact) mass is 314 g/mol. The lowest BCUT2D eigenvalue weighted by Gasteiger charge is -2.28. The second-order valence-electron chi connectivity index (χ2n) is 5.14. The van der Waals surface area contributed by atoms with Gasteiger partial charge in [0.25, 0.3) is 5.91 Å². The molecule has 23 heavy (non-hydrogen) atoms. The Labute approximate surface area is 132 Å². The molecule has 3 rings (SSSR count). The summed E-state index contributed by atoms with van der Waals surface area (Å²) in [5.41, 5.74) is 1.23. The van der Waals surface area contributed by atoms with Gasteiger partial charge >= 0.3 is 0 Å². The van der Waals surface area contributed by atoms with Crippen LogP contribution in [0.15, 0.2) is 48.5 Å². The van der Waals surface area contributed by atoms with Crippen molar-refractivity contribution in [1.82, 2.24) is 5.32 Å². The molecule has 0 radical (unpaired) electrons. The van der Waals surface area contributed by atoms with Crippen LogP contribution in [0, 0.1) is 5.82 Å². The van der Waals surface area contributed by atoms with Crippen LogP contribution in [0.1, 0.15) is 5.56 Å². The molecule has 1 N–H and O–H groups in total. The van der Waals surface area contributed by atoms with E-state index in [1.807, 2.05) is 30.3 Å². The van der Waals surface area contributed by atoms with E-state index < -0.39 is 5.82 Å². The highest BCUT2D eigenvalue weighted by Crippen LogP contribution is 2.32. The zero-order valence-electron chi connectivity index (χ0n) is 12.3. The summed E-state index contributed by atoms with van der Waals surface area (Å²) in [6.45, 7) is 0.0320. The minimum absolute atomic E-state index is 0.162. The van der Waals surface area contributed by atoms with Gasteiger partial charge in [-0.3, -0.25) is 14.5 Å². The molecule has 0 unspecified atom stereocenters. The molecule has 0 fully saturated rings. The van der Waals surface area contributed by atoms with E-state index in [0.717, 1.165) is 5.56 Å². The van der Waals surface area contributed by atoms with Crippen LogP contribution in [-0.4, -0.2) is 25.0 Å². The molecule has 1 aliphatic heterocycles. The molecule has 2 aromatic rings. The van der Waals surface area contributed by atoms with Crippen molar-refractivity contribution in [2.24, 2.45) is 0 Å². The molecule has 2 amide bonds. The van der Waals surface area contributed by atoms with Crippen LogP contribution in [0.4, 0.5) is 10.1 Å². The van der Waals surface area contributed by atoms with Crippen molar-refractivity contribution < 1.29 is 18.7 Å². The fourth-order valence-corrected chi connectivity index (χ4v) is 2.34. The Morgan fingerprint density at radius 3 is 2.78 bits per heavy atom. The predicted molar refractivity (Wildman–Crippen MR) is 82.5 cm³/mol. The minimum atomic E-state index is -0.489. The van der Waals surface area contributed by atoms with E-state index in [4.69, 9.17) is 4.74 Å². The maximum absolute atomic E-state index is 13.4. The molecule has 0 saturated heterocycles. The second-order valence-corrected chi connectivity index (χ2v) is 5.14. The van der Waals surface area contributed by atoms with E-state index in [2.05, 4.69) is 5.32 Å². The number of carbonyl (C=O) groups excluding carboxylic acids is 2. The van der Waals surface area contributed by atoms with Gasteiger partial charge in [0, 0.05) is 12.6 Å². The highest BCUT2D eigenvalue weighted by atomic mass is 19.1. The van der Waals surface area contributed by atoms with Gasteiger partial charge in [-0.2, -0.15) is 0 Å². The number of nitrogens with zero attached hydrogens (tertiary/aromatic N) is 1. The van der Waals surface area contributed by atoms with Gasteiger partial charge in [-0.15, -0.1) is 0 Å². The summed E-state index contributed by atoms with van der Waals surface area (Å²) in [5, 5.41) is 2.74. The summed E-state index contributed by atoms with van der Waals surface area (Å²) in [4.78, 5) is 25.3. The summed E-state index contributed by atoms with van der Waals surface area (Å²) in [5.74, 6) is -0.795. The van der Waals surface area contributed by atoms with Crippen LogP contribution < -0.4 is 15.0 Å². The van der Waals surface area contributed by atoms with E-state index in [1.54, 1.807) is 0 Å². The molecular weight excluding hydrogens is 299 g/mol. The third kappa shape index (κ3) is 3.48. The van der Waals surface area contributed by atoms with Gasteiger partial charge in [0.05, 0.1) is 5.69 Å². The summed E-state index contributed by atoms with van der Waals surface area (Å²) in [6.07, 6.45) is 0. The normalized spacial score (nSPS) is 13.3. The predicted octanol–water partition coefficient (Wildman–Crippen LogP) is 1.87. The highest BCUT2D eigenvalue weighted by Gasteiger charge is 2.27. The fraction of sp³-hybridized carbons (Fsp3) is 0.176. The van der Waals surface area contributed by atoms with E-state index in [-0.39, 0.29) is 30.7 Å². The van der Waals surface area contributed by atoms with E-state index in [0.29, 0.717) is 12.3 Å². The molecule has 2 aromatic carbocycles. The summed E-state index contributed by atoms with van der Waals surface area (Å²) >= 11 is 0. The number of nitrogens with one attached hydrogen (secondary N) is 1. The van der Waals surface area contributed by atoms with Crippen molar-refractivity contribution in [3.05, 3.63) is 59.9 Å². The Bertz CT molecular complexity index is 734. The second kappa shape index (κ2) is 6.48. The van der Waals surface area contributed by atoms with E-state index in [9.17, 15) is 14.0 Å². The average molecular weight is 314 g/mol. The zero-order chi connectivity index (χ0) is 16.2. The Hall–Kier alpha value is -2.89. The highest BCUT2D eigenvalue weighted by molar-refractivity contribution is 6.02. The third-order valence-corrected chi connectivity index (χ3v) is 3.50. The molecule has 0 aliphatic carbocycles. The SMILES string of the molecule is O=C(CN1C(=O)COc2ccc(F)cc21)NCc1ccccc1. The van der Waals surface area contributed by atoms with Gasteiger partial charge in [0.15, 0.2) is 6.61 Å². The van der Waals surface area contributed by atoms with Crippen LogP contribution in [0.2, 0.25) is 0 Å². The van der Waals surface area contributed by atoms with Gasteiger partial charge in [-0.05, 0) is 17.7 Å². The maximum atomic E-state index is 13.4. The van der Waals surface area contributed by atoms with Gasteiger partial charge in [-0.25, -0.2) is 4.39 Å². The standard InChI is InChI=1S/C17H15FN2O3/c18-13-6-7-15-14(8-13)20(17(22)11-23-15)10-16(21)19-9-12-4-2-1-3-5-12/h1-8H,9-11H2,(H,19,21). The molecule has 1 aliphatic rings. The largest absolute Gasteiger partial charge is 0.482 e. The van der Waals surface area contributed by atoms with E-state index in [1.165, 1.54) is 23.1 Å². The first-order valence-electron chi connectivity index (χ1n) is 7.17. The summed E-state index contributed by atoms with van der Waals surface area (Å²) < 4.78 is 18.7. The van der Waals surface area contributed by atoms with Crippen LogP contribution >= 0.6 is 0 Å². The number of hydrogen-bond acceptors (Lipinski definition) is 3. The van der Waals surface area contributed by atoms with Crippen molar-refractivity contribution >= 4 is 17.5 Å². The number of ether oxygens (including phenoxy) is 1. The zero-order valence-corrected chi connectivity index (χ0v) is 12.3. The fourth-order valence-electron chi connectivity index (χ4n) is 2.34.